The summed E-state index contributed by atoms with van der Waals surface area (Å²) in [4.78, 5) is 15.8. The fourth-order valence-corrected chi connectivity index (χ4v) is 2.53. The lowest BCUT2D eigenvalue weighted by atomic mass is 9.97. The van der Waals surface area contributed by atoms with Gasteiger partial charge in [0.15, 0.2) is 0 Å². The van der Waals surface area contributed by atoms with Crippen molar-refractivity contribution >= 4 is 5.91 Å². The van der Waals surface area contributed by atoms with E-state index in [0.29, 0.717) is 25.2 Å². The molecule has 0 aromatic carbocycles. The number of imidazole rings is 1. The van der Waals surface area contributed by atoms with E-state index in [0.717, 1.165) is 12.1 Å². The Morgan fingerprint density at radius 3 is 3.17 bits per heavy atom. The molecule has 0 saturated carbocycles. The quantitative estimate of drug-likeness (QED) is 0.845. The van der Waals surface area contributed by atoms with Gasteiger partial charge in [0.05, 0.1) is 12.0 Å². The predicted molar refractivity (Wildman–Crippen MR) is 70.1 cm³/mol. The molecule has 2 N–H and O–H groups in total. The zero-order valence-corrected chi connectivity index (χ0v) is 11.1. The maximum absolute atomic E-state index is 11.6. The minimum Gasteiger partial charge on any atom is -0.355 e. The van der Waals surface area contributed by atoms with Crippen LogP contribution in [0.4, 0.5) is 0 Å². The number of hydrogen-bond acceptors (Lipinski definition) is 3. The monoisotopic (exact) mass is 250 g/mol. The third kappa shape index (κ3) is 3.10. The van der Waals surface area contributed by atoms with E-state index in [1.807, 2.05) is 17.7 Å². The van der Waals surface area contributed by atoms with Crippen LogP contribution in [0.1, 0.15) is 44.8 Å². The molecule has 2 rings (SSSR count). The van der Waals surface area contributed by atoms with Crippen LogP contribution in [-0.4, -0.2) is 28.0 Å². The summed E-state index contributed by atoms with van der Waals surface area (Å²) >= 11 is 0. The third-order valence-corrected chi connectivity index (χ3v) is 3.41. The molecule has 1 amide bonds. The van der Waals surface area contributed by atoms with Gasteiger partial charge in [-0.3, -0.25) is 4.79 Å². The van der Waals surface area contributed by atoms with Crippen LogP contribution in [-0.2, 0) is 11.3 Å². The van der Waals surface area contributed by atoms with E-state index in [9.17, 15) is 4.79 Å². The number of nitrogens with one attached hydrogen (secondary N) is 2. The Bertz CT molecular complexity index is 401. The molecule has 2 heterocycles. The van der Waals surface area contributed by atoms with Gasteiger partial charge in [-0.05, 0) is 33.1 Å². The first-order valence-corrected chi connectivity index (χ1v) is 6.73. The van der Waals surface area contributed by atoms with E-state index in [2.05, 4.69) is 22.5 Å². The highest BCUT2D eigenvalue weighted by atomic mass is 16.1. The molecular weight excluding hydrogens is 228 g/mol. The molecule has 0 spiro atoms. The zero-order valence-electron chi connectivity index (χ0n) is 11.1. The maximum atomic E-state index is 11.6. The molecule has 2 unspecified atom stereocenters. The molecule has 1 saturated heterocycles. The molecule has 1 aliphatic rings. The molecule has 100 valence electrons. The molecule has 0 bridgehead atoms. The highest BCUT2D eigenvalue weighted by Crippen LogP contribution is 2.25. The van der Waals surface area contributed by atoms with E-state index in [1.54, 1.807) is 6.33 Å². The van der Waals surface area contributed by atoms with Gasteiger partial charge < -0.3 is 15.2 Å². The molecule has 0 aliphatic carbocycles. The second kappa shape index (κ2) is 6.00. The first kappa shape index (κ1) is 13.1. The summed E-state index contributed by atoms with van der Waals surface area (Å²) in [6, 6.07) is 0.863. The first-order chi connectivity index (χ1) is 8.70. The molecule has 2 atom stereocenters. The minimum absolute atomic E-state index is 0.0422. The fourth-order valence-electron chi connectivity index (χ4n) is 2.53. The van der Waals surface area contributed by atoms with E-state index >= 15 is 0 Å². The van der Waals surface area contributed by atoms with Crippen molar-refractivity contribution in [2.45, 2.75) is 51.7 Å². The van der Waals surface area contributed by atoms with Crippen molar-refractivity contribution in [1.29, 1.82) is 0 Å². The van der Waals surface area contributed by atoms with Crippen LogP contribution >= 0.6 is 0 Å². The molecule has 1 aromatic heterocycles. The molecule has 5 nitrogen and oxygen atoms in total. The van der Waals surface area contributed by atoms with Crippen molar-refractivity contribution < 1.29 is 4.79 Å². The van der Waals surface area contributed by atoms with E-state index in [1.165, 1.54) is 12.8 Å². The summed E-state index contributed by atoms with van der Waals surface area (Å²) in [7, 11) is 0. The summed E-state index contributed by atoms with van der Waals surface area (Å²) in [5.74, 6) is 0.0422. The number of nitrogens with zero attached hydrogens (tertiary/aromatic N) is 2. The lowest BCUT2D eigenvalue weighted by Gasteiger charge is -2.29. The van der Waals surface area contributed by atoms with Crippen LogP contribution in [0.25, 0.3) is 0 Å². The average molecular weight is 250 g/mol. The summed E-state index contributed by atoms with van der Waals surface area (Å²) in [6.07, 6.45) is 7.18. The summed E-state index contributed by atoms with van der Waals surface area (Å²) in [6.45, 7) is 5.16. The van der Waals surface area contributed by atoms with Gasteiger partial charge in [-0.2, -0.15) is 0 Å². The number of rotatable bonds is 4. The number of hydrogen-bond donors (Lipinski definition) is 2. The van der Waals surface area contributed by atoms with Gasteiger partial charge in [0.25, 0.3) is 0 Å². The highest BCUT2D eigenvalue weighted by Gasteiger charge is 2.22. The Morgan fingerprint density at radius 2 is 2.44 bits per heavy atom. The SMILES string of the molecule is CCNC(=O)Cn1cncc1C1CCCC(C)N1. The van der Waals surface area contributed by atoms with Gasteiger partial charge in [-0.1, -0.05) is 0 Å². The minimum atomic E-state index is 0.0422. The normalized spacial score (nSPS) is 23.9. The Balaban J connectivity index is 2.04. The third-order valence-electron chi connectivity index (χ3n) is 3.41. The largest absolute Gasteiger partial charge is 0.355 e. The van der Waals surface area contributed by atoms with Crippen molar-refractivity contribution in [1.82, 2.24) is 20.2 Å². The number of piperidine rings is 1. The van der Waals surface area contributed by atoms with Gasteiger partial charge >= 0.3 is 0 Å². The lowest BCUT2D eigenvalue weighted by Crippen LogP contribution is -2.36. The smallest absolute Gasteiger partial charge is 0.239 e. The van der Waals surface area contributed by atoms with Gasteiger partial charge in [-0.25, -0.2) is 4.98 Å². The predicted octanol–water partition coefficient (Wildman–Crippen LogP) is 1.22. The van der Waals surface area contributed by atoms with Crippen molar-refractivity contribution in [3.05, 3.63) is 18.2 Å². The van der Waals surface area contributed by atoms with Gasteiger partial charge in [0.2, 0.25) is 5.91 Å². The average Bonchev–Trinajstić information content (AvgIpc) is 2.77. The van der Waals surface area contributed by atoms with Gasteiger partial charge in [0, 0.05) is 24.8 Å². The van der Waals surface area contributed by atoms with Crippen LogP contribution in [0.3, 0.4) is 0 Å². The summed E-state index contributed by atoms with van der Waals surface area (Å²) < 4.78 is 1.95. The van der Waals surface area contributed by atoms with Gasteiger partial charge in [-0.15, -0.1) is 0 Å². The van der Waals surface area contributed by atoms with Gasteiger partial charge in [0.1, 0.15) is 6.54 Å². The van der Waals surface area contributed by atoms with Crippen molar-refractivity contribution in [2.24, 2.45) is 0 Å². The number of carbonyl (C=O) groups excluding carboxylic acids is 1. The second-order valence-electron chi connectivity index (χ2n) is 4.95. The van der Waals surface area contributed by atoms with E-state index < -0.39 is 0 Å². The second-order valence-corrected chi connectivity index (χ2v) is 4.95. The number of carbonyl (C=O) groups is 1. The molecule has 1 aromatic rings. The molecule has 0 radical (unpaired) electrons. The Morgan fingerprint density at radius 1 is 1.61 bits per heavy atom. The van der Waals surface area contributed by atoms with Crippen LogP contribution in [0.2, 0.25) is 0 Å². The highest BCUT2D eigenvalue weighted by molar-refractivity contribution is 5.75. The zero-order chi connectivity index (χ0) is 13.0. The molecule has 1 fully saturated rings. The Labute approximate surface area is 108 Å². The van der Waals surface area contributed by atoms with Crippen molar-refractivity contribution in [2.75, 3.05) is 6.54 Å². The topological polar surface area (TPSA) is 59.0 Å². The lowest BCUT2D eigenvalue weighted by molar-refractivity contribution is -0.121. The number of likely N-dealkylation sites (N-methyl/N-ethyl adjacent to an activating group) is 1. The molecule has 18 heavy (non-hydrogen) atoms. The molecular formula is C13H22N4O. The molecule has 1 aliphatic heterocycles. The molecule has 5 heteroatoms. The standard InChI is InChI=1S/C13H22N4O/c1-3-15-13(18)8-17-9-14-7-12(17)11-6-4-5-10(2)16-11/h7,9-11,16H,3-6,8H2,1-2H3,(H,15,18). The fraction of sp³-hybridized carbons (Fsp3) is 0.692. The first-order valence-electron chi connectivity index (χ1n) is 6.73. The van der Waals surface area contributed by atoms with Crippen LogP contribution in [0.15, 0.2) is 12.5 Å². The summed E-state index contributed by atoms with van der Waals surface area (Å²) in [5.41, 5.74) is 1.12. The Kier molecular flexibility index (Phi) is 4.36. The van der Waals surface area contributed by atoms with Crippen molar-refractivity contribution in [3.8, 4) is 0 Å². The van der Waals surface area contributed by atoms with Crippen LogP contribution in [0.5, 0.6) is 0 Å². The number of aromatic nitrogens is 2. The Hall–Kier alpha value is -1.36. The van der Waals surface area contributed by atoms with E-state index in [4.69, 9.17) is 0 Å². The van der Waals surface area contributed by atoms with Crippen molar-refractivity contribution in [3.63, 3.8) is 0 Å². The number of amides is 1. The summed E-state index contributed by atoms with van der Waals surface area (Å²) in [5, 5.41) is 6.39. The van der Waals surface area contributed by atoms with Crippen LogP contribution < -0.4 is 10.6 Å². The van der Waals surface area contributed by atoms with Crippen LogP contribution in [0, 0.1) is 0 Å². The maximum Gasteiger partial charge on any atom is 0.239 e. The van der Waals surface area contributed by atoms with E-state index in [-0.39, 0.29) is 5.91 Å².